The predicted octanol–water partition coefficient (Wildman–Crippen LogP) is 3.01. The summed E-state index contributed by atoms with van der Waals surface area (Å²) in [5.74, 6) is -1.42. The van der Waals surface area contributed by atoms with Crippen LogP contribution in [0.5, 0.6) is 0 Å². The standard InChI is InChI=1S/C13H15FN2O/c1-3-5-10(8-15)13(17)16-12-7-4-6-11(14)9(12)2/h4,6-7,10H,3,5H2,1-2H3,(H,16,17). The Bertz CT molecular complexity index is 451. The summed E-state index contributed by atoms with van der Waals surface area (Å²) >= 11 is 0. The first kappa shape index (κ1) is 13.2. The van der Waals surface area contributed by atoms with Crippen LogP contribution in [0.4, 0.5) is 10.1 Å². The summed E-state index contributed by atoms with van der Waals surface area (Å²) in [6.07, 6.45) is 1.27. The Hall–Kier alpha value is -1.89. The molecule has 0 saturated heterocycles. The lowest BCUT2D eigenvalue weighted by atomic mass is 10.0. The van der Waals surface area contributed by atoms with Crippen molar-refractivity contribution >= 4 is 11.6 Å². The Morgan fingerprint density at radius 3 is 2.88 bits per heavy atom. The SMILES string of the molecule is CCCC(C#N)C(=O)Nc1cccc(F)c1C. The number of nitriles is 1. The zero-order valence-electron chi connectivity index (χ0n) is 9.96. The van der Waals surface area contributed by atoms with Crippen LogP contribution in [-0.4, -0.2) is 5.91 Å². The highest BCUT2D eigenvalue weighted by molar-refractivity contribution is 5.94. The van der Waals surface area contributed by atoms with E-state index in [-0.39, 0.29) is 11.7 Å². The van der Waals surface area contributed by atoms with Gasteiger partial charge in [-0.25, -0.2) is 4.39 Å². The molecule has 1 rings (SSSR count). The van der Waals surface area contributed by atoms with Crippen molar-refractivity contribution in [1.29, 1.82) is 5.26 Å². The van der Waals surface area contributed by atoms with Crippen molar-refractivity contribution in [2.45, 2.75) is 26.7 Å². The minimum Gasteiger partial charge on any atom is -0.325 e. The smallest absolute Gasteiger partial charge is 0.241 e. The zero-order valence-corrected chi connectivity index (χ0v) is 9.96. The van der Waals surface area contributed by atoms with Crippen LogP contribution in [-0.2, 0) is 4.79 Å². The summed E-state index contributed by atoms with van der Waals surface area (Å²) in [4.78, 5) is 11.7. The minimum atomic E-state index is -0.678. The van der Waals surface area contributed by atoms with Crippen LogP contribution in [0.3, 0.4) is 0 Å². The van der Waals surface area contributed by atoms with Crippen molar-refractivity contribution in [3.05, 3.63) is 29.6 Å². The molecule has 1 atom stereocenters. The van der Waals surface area contributed by atoms with Gasteiger partial charge in [0.15, 0.2) is 0 Å². The second-order valence-electron chi connectivity index (χ2n) is 3.87. The molecule has 0 bridgehead atoms. The maximum atomic E-state index is 13.2. The number of carbonyl (C=O) groups excluding carboxylic acids is 1. The molecule has 0 spiro atoms. The number of rotatable bonds is 4. The first-order valence-corrected chi connectivity index (χ1v) is 5.55. The van der Waals surface area contributed by atoms with E-state index >= 15 is 0 Å². The van der Waals surface area contributed by atoms with Gasteiger partial charge >= 0.3 is 0 Å². The van der Waals surface area contributed by atoms with Crippen molar-refractivity contribution in [3.63, 3.8) is 0 Å². The van der Waals surface area contributed by atoms with Gasteiger partial charge in [0.1, 0.15) is 11.7 Å². The molecule has 0 heterocycles. The van der Waals surface area contributed by atoms with E-state index in [4.69, 9.17) is 5.26 Å². The molecule has 1 aromatic rings. The van der Waals surface area contributed by atoms with Gasteiger partial charge in [0, 0.05) is 11.3 Å². The number of hydrogen-bond donors (Lipinski definition) is 1. The molecule has 1 N–H and O–H groups in total. The number of nitrogens with one attached hydrogen (secondary N) is 1. The molecule has 0 aliphatic rings. The van der Waals surface area contributed by atoms with Gasteiger partial charge < -0.3 is 5.32 Å². The van der Waals surface area contributed by atoms with E-state index < -0.39 is 5.92 Å². The molecule has 0 radical (unpaired) electrons. The highest BCUT2D eigenvalue weighted by Gasteiger charge is 2.17. The predicted molar refractivity (Wildman–Crippen MR) is 63.8 cm³/mol. The molecule has 0 saturated carbocycles. The monoisotopic (exact) mass is 234 g/mol. The van der Waals surface area contributed by atoms with E-state index in [1.807, 2.05) is 13.0 Å². The largest absolute Gasteiger partial charge is 0.325 e. The van der Waals surface area contributed by atoms with Crippen LogP contribution in [0.15, 0.2) is 18.2 Å². The number of carbonyl (C=O) groups is 1. The third-order valence-corrected chi connectivity index (χ3v) is 2.58. The number of amides is 1. The first-order chi connectivity index (χ1) is 8.10. The number of halogens is 1. The minimum absolute atomic E-state index is 0.369. The fourth-order valence-corrected chi connectivity index (χ4v) is 1.51. The van der Waals surface area contributed by atoms with Crippen LogP contribution in [0.2, 0.25) is 0 Å². The zero-order chi connectivity index (χ0) is 12.8. The Morgan fingerprint density at radius 1 is 1.59 bits per heavy atom. The summed E-state index contributed by atoms with van der Waals surface area (Å²) in [6, 6.07) is 6.43. The lowest BCUT2D eigenvalue weighted by Crippen LogP contribution is -2.22. The van der Waals surface area contributed by atoms with Crippen LogP contribution < -0.4 is 5.32 Å². The maximum Gasteiger partial charge on any atom is 0.241 e. The summed E-state index contributed by atoms with van der Waals surface area (Å²) in [5, 5.41) is 11.4. The lowest BCUT2D eigenvalue weighted by molar-refractivity contribution is -0.118. The lowest BCUT2D eigenvalue weighted by Gasteiger charge is -2.11. The molecule has 17 heavy (non-hydrogen) atoms. The van der Waals surface area contributed by atoms with Crippen molar-refractivity contribution in [3.8, 4) is 6.07 Å². The number of anilines is 1. The van der Waals surface area contributed by atoms with Gasteiger partial charge in [-0.3, -0.25) is 4.79 Å². The van der Waals surface area contributed by atoms with Crippen molar-refractivity contribution in [1.82, 2.24) is 0 Å². The Morgan fingerprint density at radius 2 is 2.29 bits per heavy atom. The van der Waals surface area contributed by atoms with Gasteiger partial charge in [-0.05, 0) is 25.5 Å². The summed E-state index contributed by atoms with van der Waals surface area (Å²) < 4.78 is 13.2. The topological polar surface area (TPSA) is 52.9 Å². The average Bonchev–Trinajstić information content (AvgIpc) is 2.31. The molecule has 4 heteroatoms. The summed E-state index contributed by atoms with van der Waals surface area (Å²) in [6.45, 7) is 3.50. The van der Waals surface area contributed by atoms with Crippen molar-refractivity contribution in [2.24, 2.45) is 5.92 Å². The van der Waals surface area contributed by atoms with Crippen molar-refractivity contribution in [2.75, 3.05) is 5.32 Å². The molecule has 0 aromatic heterocycles. The molecular formula is C13H15FN2O. The second kappa shape index (κ2) is 6.00. The average molecular weight is 234 g/mol. The first-order valence-electron chi connectivity index (χ1n) is 5.55. The fourth-order valence-electron chi connectivity index (χ4n) is 1.51. The van der Waals surface area contributed by atoms with Gasteiger partial charge in [0.25, 0.3) is 0 Å². The van der Waals surface area contributed by atoms with Crippen LogP contribution in [0.25, 0.3) is 0 Å². The number of nitrogens with zero attached hydrogens (tertiary/aromatic N) is 1. The molecular weight excluding hydrogens is 219 g/mol. The summed E-state index contributed by atoms with van der Waals surface area (Å²) in [5.41, 5.74) is 0.806. The normalized spacial score (nSPS) is 11.6. The quantitative estimate of drug-likeness (QED) is 0.870. The van der Waals surface area contributed by atoms with Gasteiger partial charge in [0.05, 0.1) is 6.07 Å². The second-order valence-corrected chi connectivity index (χ2v) is 3.87. The van der Waals surface area contributed by atoms with Gasteiger partial charge in [-0.15, -0.1) is 0 Å². The molecule has 90 valence electrons. The summed E-state index contributed by atoms with van der Waals surface area (Å²) in [7, 11) is 0. The van der Waals surface area contributed by atoms with Crippen LogP contribution in [0, 0.1) is 30.0 Å². The van der Waals surface area contributed by atoms with E-state index in [9.17, 15) is 9.18 Å². The van der Waals surface area contributed by atoms with Crippen LogP contribution >= 0.6 is 0 Å². The molecule has 3 nitrogen and oxygen atoms in total. The third kappa shape index (κ3) is 3.28. The Labute approximate surface area is 100 Å². The van der Waals surface area contributed by atoms with E-state index in [2.05, 4.69) is 5.32 Å². The number of benzene rings is 1. The fraction of sp³-hybridized carbons (Fsp3) is 0.385. The molecule has 1 amide bonds. The molecule has 1 unspecified atom stereocenters. The molecule has 0 aliphatic heterocycles. The van der Waals surface area contributed by atoms with Gasteiger partial charge in [-0.2, -0.15) is 5.26 Å². The third-order valence-electron chi connectivity index (χ3n) is 2.58. The van der Waals surface area contributed by atoms with Crippen LogP contribution in [0.1, 0.15) is 25.3 Å². The maximum absolute atomic E-state index is 13.2. The highest BCUT2D eigenvalue weighted by atomic mass is 19.1. The van der Waals surface area contributed by atoms with Gasteiger partial charge in [0.2, 0.25) is 5.91 Å². The molecule has 0 aliphatic carbocycles. The van der Waals surface area contributed by atoms with E-state index in [0.29, 0.717) is 17.7 Å². The van der Waals surface area contributed by atoms with Crippen molar-refractivity contribution < 1.29 is 9.18 Å². The Kier molecular flexibility index (Phi) is 4.65. The van der Waals surface area contributed by atoms with E-state index in [0.717, 1.165) is 6.42 Å². The highest BCUT2D eigenvalue weighted by Crippen LogP contribution is 2.18. The number of hydrogen-bond acceptors (Lipinski definition) is 2. The van der Waals surface area contributed by atoms with E-state index in [1.54, 1.807) is 13.0 Å². The molecule has 0 fully saturated rings. The molecule has 1 aromatic carbocycles. The van der Waals surface area contributed by atoms with E-state index in [1.165, 1.54) is 12.1 Å². The van der Waals surface area contributed by atoms with Gasteiger partial charge in [-0.1, -0.05) is 19.4 Å². The Balaban J connectivity index is 2.81.